The molecule has 0 saturated heterocycles. The van der Waals surface area contributed by atoms with E-state index < -0.39 is 30.5 Å². The molecule has 0 aliphatic carbocycles. The van der Waals surface area contributed by atoms with Gasteiger partial charge in [0.1, 0.15) is 11.4 Å². The first-order valence-electron chi connectivity index (χ1n) is 5.27. The van der Waals surface area contributed by atoms with Crippen LogP contribution >= 0.6 is 0 Å². The summed E-state index contributed by atoms with van der Waals surface area (Å²) in [6.45, 7) is 1.20. The average molecular weight is 276 g/mol. The van der Waals surface area contributed by atoms with E-state index in [0.717, 1.165) is 0 Å². The van der Waals surface area contributed by atoms with Crippen LogP contribution in [0.25, 0.3) is 0 Å². The Morgan fingerprint density at radius 3 is 2.47 bits per heavy atom. The summed E-state index contributed by atoms with van der Waals surface area (Å²) in [6.07, 6.45) is -5.56. The van der Waals surface area contributed by atoms with Crippen LogP contribution in [-0.4, -0.2) is 34.2 Å². The Morgan fingerprint density at radius 2 is 1.95 bits per heavy atom. The molecule has 1 atom stereocenters. The summed E-state index contributed by atoms with van der Waals surface area (Å²) in [5.41, 5.74) is -0.593. The van der Waals surface area contributed by atoms with E-state index in [2.05, 4.69) is 10.3 Å². The Kier molecular flexibility index (Phi) is 4.47. The number of hydrogen-bond acceptors (Lipinski definition) is 3. The van der Waals surface area contributed by atoms with Crippen LogP contribution in [-0.2, 0) is 0 Å². The molecular weight excluding hydrogens is 265 g/mol. The quantitative estimate of drug-likeness (QED) is 0.879. The van der Waals surface area contributed by atoms with Gasteiger partial charge in [0.2, 0.25) is 0 Å². The zero-order chi connectivity index (χ0) is 14.6. The number of halogens is 3. The van der Waals surface area contributed by atoms with Crippen LogP contribution in [0.15, 0.2) is 18.2 Å². The van der Waals surface area contributed by atoms with Crippen LogP contribution in [0.2, 0.25) is 0 Å². The fraction of sp³-hybridized carbons (Fsp3) is 0.364. The highest BCUT2D eigenvalue weighted by atomic mass is 19.4. The molecule has 1 aromatic heterocycles. The first kappa shape index (κ1) is 14.9. The van der Waals surface area contributed by atoms with Gasteiger partial charge >= 0.3 is 12.1 Å². The van der Waals surface area contributed by atoms with Crippen LogP contribution in [0.1, 0.15) is 34.3 Å². The Bertz CT molecular complexity index is 488. The van der Waals surface area contributed by atoms with Crippen molar-refractivity contribution in [2.45, 2.75) is 25.6 Å². The number of nitrogens with one attached hydrogen (secondary N) is 1. The van der Waals surface area contributed by atoms with E-state index in [9.17, 15) is 22.8 Å². The van der Waals surface area contributed by atoms with Crippen LogP contribution in [0.4, 0.5) is 13.2 Å². The van der Waals surface area contributed by atoms with E-state index >= 15 is 0 Å². The number of amides is 1. The molecule has 0 aliphatic heterocycles. The number of pyridine rings is 1. The monoisotopic (exact) mass is 276 g/mol. The Labute approximate surface area is 106 Å². The number of carbonyl (C=O) groups excluding carboxylic acids is 1. The maximum absolute atomic E-state index is 12.1. The van der Waals surface area contributed by atoms with E-state index in [-0.39, 0.29) is 11.4 Å². The van der Waals surface area contributed by atoms with Crippen LogP contribution < -0.4 is 5.32 Å². The molecule has 0 spiro atoms. The summed E-state index contributed by atoms with van der Waals surface area (Å²) in [7, 11) is 0. The third-order valence-electron chi connectivity index (χ3n) is 2.12. The number of aromatic carboxylic acids is 1. The predicted molar refractivity (Wildman–Crippen MR) is 58.8 cm³/mol. The molecule has 1 unspecified atom stereocenters. The van der Waals surface area contributed by atoms with E-state index in [1.807, 2.05) is 0 Å². The zero-order valence-corrected chi connectivity index (χ0v) is 9.86. The van der Waals surface area contributed by atoms with Crippen molar-refractivity contribution in [2.75, 3.05) is 0 Å². The molecule has 5 nitrogen and oxygen atoms in total. The third-order valence-corrected chi connectivity index (χ3v) is 2.12. The minimum Gasteiger partial charge on any atom is -0.477 e. The molecule has 8 heteroatoms. The van der Waals surface area contributed by atoms with Crippen LogP contribution in [0, 0.1) is 0 Å². The maximum atomic E-state index is 12.1. The summed E-state index contributed by atoms with van der Waals surface area (Å²) < 4.78 is 36.3. The highest BCUT2D eigenvalue weighted by molar-refractivity contribution is 5.94. The van der Waals surface area contributed by atoms with Crippen LogP contribution in [0.3, 0.4) is 0 Å². The lowest BCUT2D eigenvalue weighted by Crippen LogP contribution is -2.36. The lowest BCUT2D eigenvalue weighted by Gasteiger charge is -2.15. The fourth-order valence-corrected chi connectivity index (χ4v) is 1.38. The second kappa shape index (κ2) is 5.68. The number of nitrogens with zero attached hydrogens (tertiary/aromatic N) is 1. The first-order valence-corrected chi connectivity index (χ1v) is 5.27. The normalized spacial score (nSPS) is 12.8. The molecule has 2 N–H and O–H groups in total. The molecule has 1 amide bonds. The number of alkyl halides is 3. The van der Waals surface area contributed by atoms with Gasteiger partial charge < -0.3 is 10.4 Å². The summed E-state index contributed by atoms with van der Waals surface area (Å²) in [5, 5.41) is 10.8. The minimum absolute atomic E-state index is 0.242. The van der Waals surface area contributed by atoms with E-state index in [4.69, 9.17) is 5.11 Å². The van der Waals surface area contributed by atoms with Gasteiger partial charge in [0, 0.05) is 6.04 Å². The maximum Gasteiger partial charge on any atom is 0.391 e. The summed E-state index contributed by atoms with van der Waals surface area (Å²) in [6, 6.07) is 2.57. The number of carboxylic acids is 1. The fourth-order valence-electron chi connectivity index (χ4n) is 1.38. The second-order valence-electron chi connectivity index (χ2n) is 3.91. The van der Waals surface area contributed by atoms with Gasteiger partial charge in [-0.15, -0.1) is 0 Å². The number of hydrogen-bond donors (Lipinski definition) is 2. The Hall–Kier alpha value is -2.12. The van der Waals surface area contributed by atoms with Crippen molar-refractivity contribution in [1.82, 2.24) is 10.3 Å². The van der Waals surface area contributed by atoms with Crippen molar-refractivity contribution in [3.63, 3.8) is 0 Å². The molecule has 0 aliphatic rings. The SMILES string of the molecule is CC(CC(F)(F)F)NC(=O)c1cccc(C(=O)O)n1. The largest absolute Gasteiger partial charge is 0.477 e. The molecule has 19 heavy (non-hydrogen) atoms. The lowest BCUT2D eigenvalue weighted by molar-refractivity contribution is -0.138. The van der Waals surface area contributed by atoms with Crippen LogP contribution in [0.5, 0.6) is 0 Å². The molecule has 0 fully saturated rings. The van der Waals surface area contributed by atoms with Crippen molar-refractivity contribution in [2.24, 2.45) is 0 Å². The van der Waals surface area contributed by atoms with E-state index in [1.54, 1.807) is 0 Å². The molecule has 0 radical (unpaired) electrons. The molecule has 0 saturated carbocycles. The first-order chi connectivity index (χ1) is 8.69. The zero-order valence-electron chi connectivity index (χ0n) is 9.86. The van der Waals surface area contributed by atoms with Gasteiger partial charge in [-0.25, -0.2) is 9.78 Å². The molecule has 1 rings (SSSR count). The summed E-state index contributed by atoms with van der Waals surface area (Å²) in [5.74, 6) is -2.17. The summed E-state index contributed by atoms with van der Waals surface area (Å²) >= 11 is 0. The van der Waals surface area contributed by atoms with Crippen molar-refractivity contribution in [3.8, 4) is 0 Å². The highest BCUT2D eigenvalue weighted by Gasteiger charge is 2.30. The molecule has 0 aromatic carbocycles. The smallest absolute Gasteiger partial charge is 0.391 e. The van der Waals surface area contributed by atoms with Crippen molar-refractivity contribution >= 4 is 11.9 Å². The summed E-state index contributed by atoms with van der Waals surface area (Å²) in [4.78, 5) is 25.8. The molecule has 0 bridgehead atoms. The van der Waals surface area contributed by atoms with Gasteiger partial charge in [-0.05, 0) is 19.1 Å². The standard InChI is InChI=1S/C11H11F3N2O3/c1-6(5-11(12,13)14)15-9(17)7-3-2-4-8(16-7)10(18)19/h2-4,6H,5H2,1H3,(H,15,17)(H,18,19). The molecule has 1 aromatic rings. The van der Waals surface area contributed by atoms with Gasteiger partial charge in [-0.2, -0.15) is 13.2 Å². The van der Waals surface area contributed by atoms with Crippen molar-refractivity contribution in [3.05, 3.63) is 29.6 Å². The Morgan fingerprint density at radius 1 is 1.37 bits per heavy atom. The predicted octanol–water partition coefficient (Wildman–Crippen LogP) is 1.85. The molecule has 104 valence electrons. The molecule has 1 heterocycles. The van der Waals surface area contributed by atoms with Crippen molar-refractivity contribution < 1.29 is 27.9 Å². The topological polar surface area (TPSA) is 79.3 Å². The second-order valence-corrected chi connectivity index (χ2v) is 3.91. The number of rotatable bonds is 4. The Balaban J connectivity index is 2.73. The number of carbonyl (C=O) groups is 2. The van der Waals surface area contributed by atoms with Crippen molar-refractivity contribution in [1.29, 1.82) is 0 Å². The highest BCUT2D eigenvalue weighted by Crippen LogP contribution is 2.21. The van der Waals surface area contributed by atoms with Gasteiger partial charge in [0.25, 0.3) is 5.91 Å². The van der Waals surface area contributed by atoms with Gasteiger partial charge in [-0.3, -0.25) is 4.79 Å². The van der Waals surface area contributed by atoms with Gasteiger partial charge in [0.05, 0.1) is 6.42 Å². The van der Waals surface area contributed by atoms with Gasteiger partial charge in [-0.1, -0.05) is 6.07 Å². The lowest BCUT2D eigenvalue weighted by atomic mass is 10.2. The van der Waals surface area contributed by atoms with E-state index in [0.29, 0.717) is 0 Å². The number of aromatic nitrogens is 1. The third kappa shape index (κ3) is 4.94. The average Bonchev–Trinajstić information content (AvgIpc) is 2.26. The van der Waals surface area contributed by atoms with E-state index in [1.165, 1.54) is 25.1 Å². The van der Waals surface area contributed by atoms with Gasteiger partial charge in [0.15, 0.2) is 0 Å². The minimum atomic E-state index is -4.39. The molecular formula is C11H11F3N2O3. The number of carboxylic acid groups (broad SMARTS) is 1.